The number of hydrogen-bond donors (Lipinski definition) is 2. The molecule has 0 bridgehead atoms. The Hall–Kier alpha value is -3.64. The molecule has 0 unspecified atom stereocenters. The smallest absolute Gasteiger partial charge is 0.274 e. The molecule has 0 aromatic heterocycles. The van der Waals surface area contributed by atoms with Gasteiger partial charge in [0.25, 0.3) is 17.3 Å². The minimum Gasteiger partial charge on any atom is -0.378 e. The van der Waals surface area contributed by atoms with E-state index in [9.17, 15) is 25.0 Å². The molecule has 1 fully saturated rings. The van der Waals surface area contributed by atoms with E-state index in [1.54, 1.807) is 13.0 Å². The maximum Gasteiger partial charge on any atom is 0.274 e. The fourth-order valence-corrected chi connectivity index (χ4v) is 3.38. The zero-order valence-electron chi connectivity index (χ0n) is 16.5. The third-order valence-corrected chi connectivity index (χ3v) is 4.97. The zero-order chi connectivity index (χ0) is 22.5. The Labute approximate surface area is 182 Å². The first-order chi connectivity index (χ1) is 14.8. The minimum absolute atomic E-state index is 0.0898. The standard InChI is InChI=1S/C19H19N5O6S/c1-12-15(3-2-4-16(12)24(28)29)20-19(31)21-18(25)14-11-13(23(26)27)5-6-17(14)22-7-9-30-10-8-22/h2-6,11H,7-10H2,1H3,(H2,20,21,25,31). The van der Waals surface area contributed by atoms with Crippen molar-refractivity contribution in [1.82, 2.24) is 5.32 Å². The van der Waals surface area contributed by atoms with Crippen LogP contribution in [0, 0.1) is 27.2 Å². The summed E-state index contributed by atoms with van der Waals surface area (Å²) >= 11 is 5.18. The molecule has 1 saturated heterocycles. The molecule has 2 aromatic rings. The van der Waals surface area contributed by atoms with Crippen molar-refractivity contribution in [3.05, 3.63) is 67.8 Å². The predicted octanol–water partition coefficient (Wildman–Crippen LogP) is 2.77. The van der Waals surface area contributed by atoms with E-state index in [1.165, 1.54) is 30.3 Å². The number of amides is 1. The van der Waals surface area contributed by atoms with Gasteiger partial charge in [-0.25, -0.2) is 0 Å². The Morgan fingerprint density at radius 1 is 1.13 bits per heavy atom. The lowest BCUT2D eigenvalue weighted by molar-refractivity contribution is -0.385. The second kappa shape index (κ2) is 9.45. The fourth-order valence-electron chi connectivity index (χ4n) is 3.18. The average molecular weight is 445 g/mol. The van der Waals surface area contributed by atoms with E-state index in [2.05, 4.69) is 10.6 Å². The molecule has 3 rings (SSSR count). The third-order valence-electron chi connectivity index (χ3n) is 4.76. The highest BCUT2D eigenvalue weighted by molar-refractivity contribution is 7.80. The van der Waals surface area contributed by atoms with Crippen molar-refractivity contribution in [3.63, 3.8) is 0 Å². The van der Waals surface area contributed by atoms with Crippen molar-refractivity contribution < 1.29 is 19.4 Å². The van der Waals surface area contributed by atoms with Crippen molar-refractivity contribution in [3.8, 4) is 0 Å². The normalized spacial score (nSPS) is 13.4. The van der Waals surface area contributed by atoms with Gasteiger partial charge in [-0.3, -0.25) is 30.3 Å². The molecule has 31 heavy (non-hydrogen) atoms. The number of benzene rings is 2. The highest BCUT2D eigenvalue weighted by Gasteiger charge is 2.23. The first-order valence-electron chi connectivity index (χ1n) is 9.25. The molecule has 1 aliphatic heterocycles. The second-order valence-corrected chi connectivity index (χ2v) is 7.08. The molecule has 0 aliphatic carbocycles. The predicted molar refractivity (Wildman–Crippen MR) is 118 cm³/mol. The van der Waals surface area contributed by atoms with Gasteiger partial charge in [-0.1, -0.05) is 6.07 Å². The lowest BCUT2D eigenvalue weighted by Crippen LogP contribution is -2.39. The summed E-state index contributed by atoms with van der Waals surface area (Å²) in [7, 11) is 0. The van der Waals surface area contributed by atoms with Crippen LogP contribution < -0.4 is 15.5 Å². The maximum atomic E-state index is 12.9. The molecule has 1 heterocycles. The van der Waals surface area contributed by atoms with E-state index in [-0.39, 0.29) is 22.1 Å². The number of morpholine rings is 1. The summed E-state index contributed by atoms with van der Waals surface area (Å²) in [6.07, 6.45) is 0. The number of anilines is 2. The Balaban J connectivity index is 1.83. The average Bonchev–Trinajstić information content (AvgIpc) is 2.75. The first-order valence-corrected chi connectivity index (χ1v) is 9.66. The Morgan fingerprint density at radius 2 is 1.84 bits per heavy atom. The van der Waals surface area contributed by atoms with Crippen LogP contribution in [-0.2, 0) is 4.74 Å². The van der Waals surface area contributed by atoms with Crippen molar-refractivity contribution >= 4 is 46.0 Å². The number of hydrogen-bond acceptors (Lipinski definition) is 8. The van der Waals surface area contributed by atoms with Gasteiger partial charge in [-0.05, 0) is 31.3 Å². The van der Waals surface area contributed by atoms with E-state index >= 15 is 0 Å². The molecule has 2 N–H and O–H groups in total. The van der Waals surface area contributed by atoms with Gasteiger partial charge in [-0.2, -0.15) is 0 Å². The first kappa shape index (κ1) is 22.1. The van der Waals surface area contributed by atoms with Crippen LogP contribution in [0.25, 0.3) is 0 Å². The van der Waals surface area contributed by atoms with Gasteiger partial charge in [0, 0.05) is 31.3 Å². The number of thiocarbonyl (C=S) groups is 1. The molecular weight excluding hydrogens is 426 g/mol. The summed E-state index contributed by atoms with van der Waals surface area (Å²) in [5.74, 6) is -0.634. The van der Waals surface area contributed by atoms with Crippen LogP contribution in [-0.4, -0.2) is 47.2 Å². The van der Waals surface area contributed by atoms with Gasteiger partial charge >= 0.3 is 0 Å². The quantitative estimate of drug-likeness (QED) is 0.404. The van der Waals surface area contributed by atoms with Crippen molar-refractivity contribution in [2.45, 2.75) is 6.92 Å². The van der Waals surface area contributed by atoms with Gasteiger partial charge in [0.2, 0.25) is 0 Å². The monoisotopic (exact) mass is 445 g/mol. The van der Waals surface area contributed by atoms with Crippen molar-refractivity contribution in [2.75, 3.05) is 36.5 Å². The number of nitro benzene ring substituents is 2. The van der Waals surface area contributed by atoms with Crippen molar-refractivity contribution in [1.29, 1.82) is 0 Å². The topological polar surface area (TPSA) is 140 Å². The summed E-state index contributed by atoms with van der Waals surface area (Å²) in [6.45, 7) is 3.58. The minimum atomic E-state index is -0.634. The molecule has 12 heteroatoms. The molecule has 162 valence electrons. The molecular formula is C19H19N5O6S. The van der Waals surface area contributed by atoms with Crippen LogP contribution >= 0.6 is 12.2 Å². The molecule has 1 amide bonds. The van der Waals surface area contributed by atoms with Crippen molar-refractivity contribution in [2.24, 2.45) is 0 Å². The Bertz CT molecular complexity index is 1050. The molecule has 0 atom stereocenters. The van der Waals surface area contributed by atoms with Crippen LogP contribution in [0.1, 0.15) is 15.9 Å². The number of carbonyl (C=O) groups excluding carboxylic acids is 1. The van der Waals surface area contributed by atoms with Crippen LogP contribution in [0.3, 0.4) is 0 Å². The molecule has 2 aromatic carbocycles. The van der Waals surface area contributed by atoms with Crippen LogP contribution in [0.5, 0.6) is 0 Å². The van der Waals surface area contributed by atoms with Gasteiger partial charge < -0.3 is 15.0 Å². The van der Waals surface area contributed by atoms with Gasteiger partial charge in [0.15, 0.2) is 5.11 Å². The lowest BCUT2D eigenvalue weighted by Gasteiger charge is -2.30. The molecule has 0 radical (unpaired) electrons. The maximum absolute atomic E-state index is 12.9. The summed E-state index contributed by atoms with van der Waals surface area (Å²) in [6, 6.07) is 8.51. The van der Waals surface area contributed by atoms with Crippen LogP contribution in [0.15, 0.2) is 36.4 Å². The fraction of sp³-hybridized carbons (Fsp3) is 0.263. The molecule has 11 nitrogen and oxygen atoms in total. The van der Waals surface area contributed by atoms with Crippen LogP contribution in [0.4, 0.5) is 22.7 Å². The second-order valence-electron chi connectivity index (χ2n) is 6.67. The number of nitrogens with one attached hydrogen (secondary N) is 2. The lowest BCUT2D eigenvalue weighted by atomic mass is 10.1. The SMILES string of the molecule is Cc1c(NC(=S)NC(=O)c2cc([N+](=O)[O-])ccc2N2CCOCC2)cccc1[N+](=O)[O-]. The van der Waals surface area contributed by atoms with Crippen LogP contribution in [0.2, 0.25) is 0 Å². The summed E-state index contributed by atoms with van der Waals surface area (Å²) < 4.78 is 5.32. The highest BCUT2D eigenvalue weighted by Crippen LogP contribution is 2.27. The Morgan fingerprint density at radius 3 is 2.48 bits per heavy atom. The van der Waals surface area contributed by atoms with E-state index in [1.807, 2.05) is 4.90 Å². The largest absolute Gasteiger partial charge is 0.378 e. The highest BCUT2D eigenvalue weighted by atomic mass is 32.1. The van der Waals surface area contributed by atoms with Gasteiger partial charge in [0.05, 0.1) is 45.6 Å². The third kappa shape index (κ3) is 5.10. The van der Waals surface area contributed by atoms with E-state index in [0.29, 0.717) is 43.2 Å². The molecule has 0 saturated carbocycles. The summed E-state index contributed by atoms with van der Waals surface area (Å²) in [5, 5.41) is 27.5. The Kier molecular flexibility index (Phi) is 6.72. The number of ether oxygens (including phenoxy) is 1. The summed E-state index contributed by atoms with van der Waals surface area (Å²) in [5.41, 5.74) is 1.03. The van der Waals surface area contributed by atoms with Gasteiger partial charge in [-0.15, -0.1) is 0 Å². The number of nitro groups is 2. The summed E-state index contributed by atoms with van der Waals surface area (Å²) in [4.78, 5) is 36.0. The number of carbonyl (C=O) groups is 1. The number of nitrogens with zero attached hydrogens (tertiary/aromatic N) is 3. The molecule has 1 aliphatic rings. The van der Waals surface area contributed by atoms with E-state index in [4.69, 9.17) is 17.0 Å². The molecule has 0 spiro atoms. The number of non-ortho nitro benzene ring substituents is 1. The van der Waals surface area contributed by atoms with E-state index < -0.39 is 15.8 Å². The van der Waals surface area contributed by atoms with E-state index in [0.717, 1.165) is 0 Å². The number of rotatable bonds is 5. The van der Waals surface area contributed by atoms with Gasteiger partial charge in [0.1, 0.15) is 0 Å². The zero-order valence-corrected chi connectivity index (χ0v) is 17.3.